The van der Waals surface area contributed by atoms with Gasteiger partial charge in [-0.3, -0.25) is 4.98 Å². The predicted molar refractivity (Wildman–Crippen MR) is 87.5 cm³/mol. The Hall–Kier alpha value is -1.58. The number of halogens is 2. The van der Waals surface area contributed by atoms with Gasteiger partial charge in [0.05, 0.1) is 0 Å². The minimum absolute atomic E-state index is 0. The van der Waals surface area contributed by atoms with E-state index in [1.54, 1.807) is 6.20 Å². The maximum Gasteiger partial charge on any atom is 0.146 e. The molecule has 1 heterocycles. The molecule has 0 radical (unpaired) electrons. The first-order valence-electron chi connectivity index (χ1n) is 6.04. The van der Waals surface area contributed by atoms with Crippen LogP contribution in [0, 0.1) is 0 Å². The second-order valence-electron chi connectivity index (χ2n) is 4.25. The maximum absolute atomic E-state index is 5.87. The normalized spacial score (nSPS) is 10.1. The van der Waals surface area contributed by atoms with Crippen LogP contribution in [0.3, 0.4) is 0 Å². The summed E-state index contributed by atoms with van der Waals surface area (Å²) in [4.78, 5) is 4.38. The average molecular weight is 351 g/mol. The number of hydrogen-bond donors (Lipinski definition) is 0. The number of fused-ring (bicyclic) bond motifs is 1. The topological polar surface area (TPSA) is 22.1 Å². The standard InChI is InChI=1S/C16H12BrNO.ClH/c17-14-8-6-12(7-9-14)11-19-15-5-1-3-13-4-2-10-18-16(13)15;/h1-10H,11H2;1H. The highest BCUT2D eigenvalue weighted by molar-refractivity contribution is 9.10. The van der Waals surface area contributed by atoms with Crippen molar-refractivity contribution >= 4 is 39.2 Å². The Kier molecular flexibility index (Phi) is 4.99. The van der Waals surface area contributed by atoms with E-state index in [0.717, 1.165) is 26.7 Å². The summed E-state index contributed by atoms with van der Waals surface area (Å²) in [6.45, 7) is 0.545. The molecule has 20 heavy (non-hydrogen) atoms. The fraction of sp³-hybridized carbons (Fsp3) is 0.0625. The van der Waals surface area contributed by atoms with Crippen molar-refractivity contribution in [2.75, 3.05) is 0 Å². The molecule has 0 atom stereocenters. The SMILES string of the molecule is Brc1ccc(COc2cccc3cccnc23)cc1.Cl. The van der Waals surface area contributed by atoms with E-state index in [2.05, 4.69) is 20.9 Å². The number of ether oxygens (including phenoxy) is 1. The van der Waals surface area contributed by atoms with Crippen LogP contribution in [0.1, 0.15) is 5.56 Å². The molecule has 0 spiro atoms. The van der Waals surface area contributed by atoms with Crippen LogP contribution in [0.25, 0.3) is 10.9 Å². The Morgan fingerprint density at radius 1 is 0.950 bits per heavy atom. The summed E-state index contributed by atoms with van der Waals surface area (Å²) in [7, 11) is 0. The molecule has 0 aliphatic heterocycles. The highest BCUT2D eigenvalue weighted by atomic mass is 79.9. The smallest absolute Gasteiger partial charge is 0.146 e. The molecule has 0 fully saturated rings. The van der Waals surface area contributed by atoms with E-state index in [4.69, 9.17) is 4.74 Å². The number of pyridine rings is 1. The van der Waals surface area contributed by atoms with Crippen LogP contribution >= 0.6 is 28.3 Å². The minimum atomic E-state index is 0. The van der Waals surface area contributed by atoms with Gasteiger partial charge in [0, 0.05) is 16.1 Å². The first kappa shape index (κ1) is 14.8. The quantitative estimate of drug-likeness (QED) is 0.663. The Morgan fingerprint density at radius 2 is 1.70 bits per heavy atom. The Balaban J connectivity index is 0.00000147. The molecule has 1 aromatic heterocycles. The number of hydrogen-bond acceptors (Lipinski definition) is 2. The van der Waals surface area contributed by atoms with Crippen molar-refractivity contribution in [3.63, 3.8) is 0 Å². The van der Waals surface area contributed by atoms with Crippen LogP contribution in [0.4, 0.5) is 0 Å². The molecule has 0 saturated carbocycles. The molecule has 0 bridgehead atoms. The molecule has 0 N–H and O–H groups in total. The summed E-state index contributed by atoms with van der Waals surface area (Å²) >= 11 is 3.42. The molecule has 0 unspecified atom stereocenters. The van der Waals surface area contributed by atoms with Gasteiger partial charge in [-0.25, -0.2) is 0 Å². The lowest BCUT2D eigenvalue weighted by Crippen LogP contribution is -1.96. The second-order valence-corrected chi connectivity index (χ2v) is 5.16. The van der Waals surface area contributed by atoms with Crippen molar-refractivity contribution in [2.24, 2.45) is 0 Å². The molecule has 0 saturated heterocycles. The number of rotatable bonds is 3. The van der Waals surface area contributed by atoms with Gasteiger partial charge in [-0.15, -0.1) is 12.4 Å². The third-order valence-electron chi connectivity index (χ3n) is 2.90. The zero-order valence-electron chi connectivity index (χ0n) is 10.6. The van der Waals surface area contributed by atoms with E-state index in [9.17, 15) is 0 Å². The molecule has 0 aliphatic carbocycles. The summed E-state index contributed by atoms with van der Waals surface area (Å²) in [5.74, 6) is 0.820. The van der Waals surface area contributed by atoms with Gasteiger partial charge in [-0.2, -0.15) is 0 Å². The number of para-hydroxylation sites is 1. The molecular formula is C16H13BrClNO. The van der Waals surface area contributed by atoms with Gasteiger partial charge in [0.2, 0.25) is 0 Å². The third kappa shape index (κ3) is 3.30. The van der Waals surface area contributed by atoms with Crippen LogP contribution in [-0.4, -0.2) is 4.98 Å². The van der Waals surface area contributed by atoms with Gasteiger partial charge in [-0.1, -0.05) is 46.3 Å². The van der Waals surface area contributed by atoms with Crippen molar-refractivity contribution in [3.05, 3.63) is 70.8 Å². The van der Waals surface area contributed by atoms with E-state index in [-0.39, 0.29) is 12.4 Å². The summed E-state index contributed by atoms with van der Waals surface area (Å²) in [6.07, 6.45) is 1.79. The van der Waals surface area contributed by atoms with Crippen molar-refractivity contribution in [2.45, 2.75) is 6.61 Å². The lowest BCUT2D eigenvalue weighted by atomic mass is 10.2. The molecule has 2 nitrogen and oxygen atoms in total. The monoisotopic (exact) mass is 349 g/mol. The molecule has 2 aromatic carbocycles. The van der Waals surface area contributed by atoms with Gasteiger partial charge in [0.1, 0.15) is 17.9 Å². The summed E-state index contributed by atoms with van der Waals surface area (Å²) < 4.78 is 6.94. The van der Waals surface area contributed by atoms with Crippen molar-refractivity contribution in [3.8, 4) is 5.75 Å². The van der Waals surface area contributed by atoms with Gasteiger partial charge in [0.25, 0.3) is 0 Å². The average Bonchev–Trinajstić information content (AvgIpc) is 2.47. The summed E-state index contributed by atoms with van der Waals surface area (Å²) in [6, 6.07) is 18.1. The molecule has 3 rings (SSSR count). The zero-order valence-corrected chi connectivity index (χ0v) is 13.0. The largest absolute Gasteiger partial charge is 0.487 e. The van der Waals surface area contributed by atoms with Crippen molar-refractivity contribution < 1.29 is 4.74 Å². The maximum atomic E-state index is 5.87. The van der Waals surface area contributed by atoms with Crippen LogP contribution in [0.2, 0.25) is 0 Å². The second kappa shape index (κ2) is 6.73. The Morgan fingerprint density at radius 3 is 2.50 bits per heavy atom. The van der Waals surface area contributed by atoms with Gasteiger partial charge < -0.3 is 4.74 Å². The zero-order chi connectivity index (χ0) is 13.1. The first-order valence-corrected chi connectivity index (χ1v) is 6.83. The number of benzene rings is 2. The summed E-state index contributed by atoms with van der Waals surface area (Å²) in [5, 5.41) is 1.09. The van der Waals surface area contributed by atoms with Crippen molar-refractivity contribution in [1.82, 2.24) is 4.98 Å². The highest BCUT2D eigenvalue weighted by Crippen LogP contribution is 2.24. The van der Waals surface area contributed by atoms with E-state index in [0.29, 0.717) is 6.61 Å². The minimum Gasteiger partial charge on any atom is -0.487 e. The van der Waals surface area contributed by atoms with E-state index in [1.165, 1.54) is 0 Å². The van der Waals surface area contributed by atoms with Crippen molar-refractivity contribution in [1.29, 1.82) is 0 Å². The van der Waals surface area contributed by atoms with Crippen LogP contribution in [0.5, 0.6) is 5.75 Å². The lowest BCUT2D eigenvalue weighted by Gasteiger charge is -2.08. The van der Waals surface area contributed by atoms with E-state index >= 15 is 0 Å². The third-order valence-corrected chi connectivity index (χ3v) is 3.43. The Labute approximate surface area is 132 Å². The molecule has 0 amide bonds. The summed E-state index contributed by atoms with van der Waals surface area (Å²) in [5.41, 5.74) is 2.04. The van der Waals surface area contributed by atoms with Crippen LogP contribution in [0.15, 0.2) is 65.3 Å². The van der Waals surface area contributed by atoms with Crippen LogP contribution in [-0.2, 0) is 6.61 Å². The first-order chi connectivity index (χ1) is 9.33. The lowest BCUT2D eigenvalue weighted by molar-refractivity contribution is 0.309. The molecular weight excluding hydrogens is 338 g/mol. The van der Waals surface area contributed by atoms with Gasteiger partial charge in [0.15, 0.2) is 0 Å². The molecule has 0 aliphatic rings. The van der Waals surface area contributed by atoms with Gasteiger partial charge in [-0.05, 0) is 29.8 Å². The predicted octanol–water partition coefficient (Wildman–Crippen LogP) is 5.00. The molecule has 4 heteroatoms. The van der Waals surface area contributed by atoms with Crippen LogP contribution < -0.4 is 4.74 Å². The molecule has 3 aromatic rings. The number of nitrogens with zero attached hydrogens (tertiary/aromatic N) is 1. The Bertz CT molecular complexity index is 695. The fourth-order valence-electron chi connectivity index (χ4n) is 1.93. The van der Waals surface area contributed by atoms with E-state index < -0.39 is 0 Å². The van der Waals surface area contributed by atoms with Gasteiger partial charge >= 0.3 is 0 Å². The number of aromatic nitrogens is 1. The molecule has 102 valence electrons. The van der Waals surface area contributed by atoms with E-state index in [1.807, 2.05) is 54.6 Å². The highest BCUT2D eigenvalue weighted by Gasteiger charge is 2.02. The fourth-order valence-corrected chi connectivity index (χ4v) is 2.20.